The van der Waals surface area contributed by atoms with Crippen LogP contribution in [-0.2, 0) is 15.8 Å². The van der Waals surface area contributed by atoms with E-state index in [0.717, 1.165) is 49.9 Å². The van der Waals surface area contributed by atoms with E-state index in [1.54, 1.807) is 0 Å². The molecule has 11 heteroatoms. The predicted molar refractivity (Wildman–Crippen MR) is 114 cm³/mol. The molecule has 0 aliphatic heterocycles. The first kappa shape index (κ1) is 24.8. The van der Waals surface area contributed by atoms with E-state index in [1.165, 1.54) is 13.8 Å². The van der Waals surface area contributed by atoms with E-state index in [2.05, 4.69) is 15.6 Å². The summed E-state index contributed by atoms with van der Waals surface area (Å²) in [7, 11) is 0. The van der Waals surface area contributed by atoms with Crippen molar-refractivity contribution in [1.82, 2.24) is 10.3 Å². The van der Waals surface area contributed by atoms with Gasteiger partial charge in [-0.1, -0.05) is 24.2 Å². The average molecular weight is 486 g/mol. The average Bonchev–Trinajstić information content (AvgIpc) is 3.37. The molecule has 0 saturated heterocycles. The maximum atomic E-state index is 13.5. The molecular weight excluding hydrogens is 462 g/mol. The van der Waals surface area contributed by atoms with Crippen LogP contribution < -0.4 is 10.6 Å². The third-order valence-electron chi connectivity index (χ3n) is 5.40. The molecule has 1 aromatic carbocycles. The molecular formula is C22H23F4N3O3S. The number of nitrogens with zero attached hydrogens (tertiary/aromatic N) is 1. The lowest BCUT2D eigenvalue weighted by atomic mass is 10.0. The van der Waals surface area contributed by atoms with Gasteiger partial charge >= 0.3 is 6.18 Å². The molecule has 0 spiro atoms. The van der Waals surface area contributed by atoms with Crippen LogP contribution in [0.5, 0.6) is 0 Å². The van der Waals surface area contributed by atoms with Crippen molar-refractivity contribution in [3.05, 3.63) is 46.2 Å². The number of thiazole rings is 1. The number of anilines is 1. The second kappa shape index (κ2) is 9.58. The lowest BCUT2D eigenvalue weighted by molar-refractivity contribution is -0.141. The highest BCUT2D eigenvalue weighted by molar-refractivity contribution is 7.18. The Morgan fingerprint density at radius 1 is 1.09 bits per heavy atom. The van der Waals surface area contributed by atoms with Gasteiger partial charge in [0.1, 0.15) is 16.2 Å². The molecule has 1 fully saturated rings. The molecule has 1 aliphatic rings. The summed E-state index contributed by atoms with van der Waals surface area (Å²) in [4.78, 5) is 40.3. The zero-order valence-corrected chi connectivity index (χ0v) is 18.8. The number of carbonyl (C=O) groups is 3. The first-order valence-corrected chi connectivity index (χ1v) is 11.2. The molecule has 6 nitrogen and oxygen atoms in total. The summed E-state index contributed by atoms with van der Waals surface area (Å²) >= 11 is 0.364. The summed E-state index contributed by atoms with van der Waals surface area (Å²) < 4.78 is 53.6. The second-order valence-corrected chi connectivity index (χ2v) is 9.51. The standard InChI is InChI=1S/C22H23F4N3O3S/c1-21(2,29-15(30)11-12-5-3-4-6-12)19(32)28-20-27-18(22(24,25)26)17(33-20)16(31)13-7-9-14(23)10-8-13/h7-10,12H,3-6,11H2,1-2H3,(H,29,30)(H,27,28,32). The van der Waals surface area contributed by atoms with Gasteiger partial charge in [0.05, 0.1) is 0 Å². The topological polar surface area (TPSA) is 88.2 Å². The van der Waals surface area contributed by atoms with Crippen LogP contribution in [0.3, 0.4) is 0 Å². The van der Waals surface area contributed by atoms with Gasteiger partial charge in [-0.2, -0.15) is 13.2 Å². The maximum Gasteiger partial charge on any atom is 0.435 e. The molecule has 0 unspecified atom stereocenters. The lowest BCUT2D eigenvalue weighted by Crippen LogP contribution is -2.52. The summed E-state index contributed by atoms with van der Waals surface area (Å²) in [5, 5.41) is 4.45. The minimum absolute atomic E-state index is 0.150. The van der Waals surface area contributed by atoms with Gasteiger partial charge in [-0.05, 0) is 56.9 Å². The Bertz CT molecular complexity index is 1040. The Morgan fingerprint density at radius 2 is 1.70 bits per heavy atom. The highest BCUT2D eigenvalue weighted by Crippen LogP contribution is 2.37. The van der Waals surface area contributed by atoms with E-state index in [1.807, 2.05) is 0 Å². The Hall–Kier alpha value is -2.82. The number of benzene rings is 1. The van der Waals surface area contributed by atoms with Gasteiger partial charge in [-0.15, -0.1) is 0 Å². The molecule has 1 saturated carbocycles. The lowest BCUT2D eigenvalue weighted by Gasteiger charge is -2.25. The molecule has 2 amide bonds. The maximum absolute atomic E-state index is 13.5. The van der Waals surface area contributed by atoms with Crippen molar-refractivity contribution in [2.75, 3.05) is 5.32 Å². The number of carbonyl (C=O) groups excluding carboxylic acids is 3. The molecule has 1 aromatic heterocycles. The normalized spacial score (nSPS) is 14.8. The molecule has 33 heavy (non-hydrogen) atoms. The number of amides is 2. The third kappa shape index (κ3) is 6.16. The summed E-state index contributed by atoms with van der Waals surface area (Å²) in [6.45, 7) is 2.86. The molecule has 0 radical (unpaired) electrons. The molecule has 0 atom stereocenters. The van der Waals surface area contributed by atoms with E-state index in [-0.39, 0.29) is 23.8 Å². The zero-order valence-electron chi connectivity index (χ0n) is 18.0. The Labute approximate surface area is 191 Å². The fourth-order valence-corrected chi connectivity index (χ4v) is 4.58. The number of hydrogen-bond donors (Lipinski definition) is 2. The van der Waals surface area contributed by atoms with Crippen LogP contribution in [0.2, 0.25) is 0 Å². The fraction of sp³-hybridized carbons (Fsp3) is 0.455. The SMILES string of the molecule is CC(C)(NC(=O)CC1CCCC1)C(=O)Nc1nc(C(F)(F)F)c(C(=O)c2ccc(F)cc2)s1. The fourth-order valence-electron chi connectivity index (χ4n) is 3.64. The molecule has 1 heterocycles. The van der Waals surface area contributed by atoms with E-state index in [9.17, 15) is 31.9 Å². The quantitative estimate of drug-likeness (QED) is 0.429. The Balaban J connectivity index is 1.77. The van der Waals surface area contributed by atoms with E-state index in [0.29, 0.717) is 11.3 Å². The third-order valence-corrected chi connectivity index (χ3v) is 6.37. The smallest absolute Gasteiger partial charge is 0.342 e. The van der Waals surface area contributed by atoms with Crippen molar-refractivity contribution < 1.29 is 31.9 Å². The van der Waals surface area contributed by atoms with Crippen molar-refractivity contribution in [1.29, 1.82) is 0 Å². The highest BCUT2D eigenvalue weighted by Gasteiger charge is 2.40. The minimum Gasteiger partial charge on any atom is -0.342 e. The van der Waals surface area contributed by atoms with Crippen LogP contribution in [0, 0.1) is 11.7 Å². The summed E-state index contributed by atoms with van der Waals surface area (Å²) in [5.74, 6) is -2.46. The van der Waals surface area contributed by atoms with Gasteiger partial charge in [0, 0.05) is 12.0 Å². The zero-order chi connectivity index (χ0) is 24.4. The number of ketones is 1. The van der Waals surface area contributed by atoms with Gasteiger partial charge in [-0.3, -0.25) is 19.7 Å². The van der Waals surface area contributed by atoms with Crippen molar-refractivity contribution in [3.63, 3.8) is 0 Å². The number of alkyl halides is 3. The van der Waals surface area contributed by atoms with Crippen LogP contribution in [-0.4, -0.2) is 28.1 Å². The number of hydrogen-bond acceptors (Lipinski definition) is 5. The second-order valence-electron chi connectivity index (χ2n) is 8.51. The molecule has 2 aromatic rings. The summed E-state index contributed by atoms with van der Waals surface area (Å²) in [6, 6.07) is 4.06. The Kier molecular flexibility index (Phi) is 7.20. The molecule has 178 valence electrons. The van der Waals surface area contributed by atoms with Gasteiger partial charge in [0.15, 0.2) is 10.8 Å². The summed E-state index contributed by atoms with van der Waals surface area (Å²) in [6.07, 6.45) is -0.648. The first-order chi connectivity index (χ1) is 15.4. The number of aromatic nitrogens is 1. The van der Waals surface area contributed by atoms with Crippen LogP contribution in [0.4, 0.5) is 22.7 Å². The Morgan fingerprint density at radius 3 is 2.27 bits per heavy atom. The van der Waals surface area contributed by atoms with Crippen LogP contribution in [0.15, 0.2) is 24.3 Å². The van der Waals surface area contributed by atoms with Gasteiger partial charge < -0.3 is 5.32 Å². The van der Waals surface area contributed by atoms with Gasteiger partial charge in [0.2, 0.25) is 11.7 Å². The summed E-state index contributed by atoms with van der Waals surface area (Å²) in [5.41, 5.74) is -3.01. The van der Waals surface area contributed by atoms with Crippen molar-refractivity contribution in [2.45, 2.75) is 57.7 Å². The first-order valence-electron chi connectivity index (χ1n) is 10.4. The number of rotatable bonds is 7. The monoisotopic (exact) mass is 485 g/mol. The minimum atomic E-state index is -4.95. The number of halogens is 4. The van der Waals surface area contributed by atoms with Gasteiger partial charge in [-0.25, -0.2) is 9.37 Å². The van der Waals surface area contributed by atoms with Crippen molar-refractivity contribution in [3.8, 4) is 0 Å². The molecule has 0 bridgehead atoms. The van der Waals surface area contributed by atoms with Gasteiger partial charge in [0.25, 0.3) is 5.91 Å². The molecule has 3 rings (SSSR count). The van der Waals surface area contributed by atoms with Crippen molar-refractivity contribution >= 4 is 34.1 Å². The highest BCUT2D eigenvalue weighted by atomic mass is 32.1. The predicted octanol–water partition coefficient (Wildman–Crippen LogP) is 4.95. The van der Waals surface area contributed by atoms with Crippen LogP contribution >= 0.6 is 11.3 Å². The van der Waals surface area contributed by atoms with E-state index in [4.69, 9.17) is 0 Å². The van der Waals surface area contributed by atoms with Crippen LogP contribution in [0.25, 0.3) is 0 Å². The largest absolute Gasteiger partial charge is 0.435 e. The molecule has 2 N–H and O–H groups in total. The van der Waals surface area contributed by atoms with Crippen LogP contribution in [0.1, 0.15) is 66.9 Å². The van der Waals surface area contributed by atoms with Crippen molar-refractivity contribution in [2.24, 2.45) is 5.92 Å². The molecule has 1 aliphatic carbocycles. The van der Waals surface area contributed by atoms with E-state index < -0.39 is 44.9 Å². The number of nitrogens with one attached hydrogen (secondary N) is 2. The van der Waals surface area contributed by atoms with E-state index >= 15 is 0 Å².